The number of nitrogens with two attached hydrogens (primary N) is 1. The molecule has 0 saturated carbocycles. The van der Waals surface area contributed by atoms with Gasteiger partial charge in [0.15, 0.2) is 11.2 Å². The van der Waals surface area contributed by atoms with Crippen LogP contribution in [0.4, 0.5) is 5.95 Å². The van der Waals surface area contributed by atoms with E-state index in [0.717, 1.165) is 0 Å². The van der Waals surface area contributed by atoms with Crippen molar-refractivity contribution in [1.29, 1.82) is 0 Å². The number of hydrogen-bond acceptors (Lipinski definition) is 8. The molecular weight excluding hydrogens is 306 g/mol. The highest BCUT2D eigenvalue weighted by Crippen LogP contribution is 2.11. The van der Waals surface area contributed by atoms with Gasteiger partial charge in [-0.1, -0.05) is 0 Å². The fraction of sp³-hybridized carbons (Fsp3) is 0.615. The molecule has 0 spiro atoms. The highest BCUT2D eigenvalue weighted by atomic mass is 16.5. The molecule has 0 fully saturated rings. The largest absolute Gasteiger partial charge is 0.396 e. The lowest BCUT2D eigenvalue weighted by Gasteiger charge is -2.16. The van der Waals surface area contributed by atoms with Crippen LogP contribution in [0.15, 0.2) is 11.1 Å². The summed E-state index contributed by atoms with van der Waals surface area (Å²) in [6, 6.07) is 0. The minimum absolute atomic E-state index is 0.00840. The van der Waals surface area contributed by atoms with Crippen LogP contribution in [-0.4, -0.2) is 67.4 Å². The summed E-state index contributed by atoms with van der Waals surface area (Å²) in [5.74, 6) is -0.137. The first kappa shape index (κ1) is 17.3. The molecule has 2 rings (SSSR count). The summed E-state index contributed by atoms with van der Waals surface area (Å²) in [5, 5.41) is 27.3. The van der Waals surface area contributed by atoms with E-state index in [9.17, 15) is 15.0 Å². The number of aromatic nitrogens is 4. The van der Waals surface area contributed by atoms with Gasteiger partial charge in [-0.15, -0.1) is 0 Å². The zero-order chi connectivity index (χ0) is 16.8. The number of H-pyrrole nitrogens is 1. The SMILES string of the molecule is Nc1nc2c(ncn2CCC(CO)COCC(O)CO)c(=O)[nH]1. The monoisotopic (exact) mass is 327 g/mol. The van der Waals surface area contributed by atoms with Crippen molar-refractivity contribution in [1.82, 2.24) is 19.5 Å². The second-order valence-corrected chi connectivity index (χ2v) is 5.27. The molecule has 0 amide bonds. The zero-order valence-corrected chi connectivity index (χ0v) is 12.6. The number of imidazole rings is 1. The molecule has 0 aliphatic rings. The summed E-state index contributed by atoms with van der Waals surface area (Å²) >= 11 is 0. The first-order valence-corrected chi connectivity index (χ1v) is 7.23. The Morgan fingerprint density at radius 3 is 2.83 bits per heavy atom. The topological polar surface area (TPSA) is 160 Å². The molecule has 2 atom stereocenters. The molecule has 2 aromatic heterocycles. The molecule has 2 heterocycles. The molecule has 10 heteroatoms. The number of nitrogens with zero attached hydrogens (tertiary/aromatic N) is 3. The van der Waals surface area contributed by atoms with E-state index in [1.54, 1.807) is 4.57 Å². The van der Waals surface area contributed by atoms with Gasteiger partial charge >= 0.3 is 0 Å². The molecule has 0 saturated heterocycles. The maximum Gasteiger partial charge on any atom is 0.280 e. The Morgan fingerprint density at radius 1 is 1.35 bits per heavy atom. The highest BCUT2D eigenvalue weighted by Gasteiger charge is 2.13. The van der Waals surface area contributed by atoms with Crippen molar-refractivity contribution in [3.63, 3.8) is 0 Å². The number of aromatic amines is 1. The lowest BCUT2D eigenvalue weighted by atomic mass is 10.1. The number of anilines is 1. The van der Waals surface area contributed by atoms with E-state index in [-0.39, 0.29) is 43.8 Å². The summed E-state index contributed by atoms with van der Waals surface area (Å²) < 4.78 is 6.94. The number of aliphatic hydroxyl groups excluding tert-OH is 3. The number of hydrogen-bond donors (Lipinski definition) is 5. The maximum absolute atomic E-state index is 11.7. The first-order valence-electron chi connectivity index (χ1n) is 7.23. The van der Waals surface area contributed by atoms with E-state index in [0.29, 0.717) is 18.6 Å². The molecular formula is C13H21N5O5. The predicted octanol–water partition coefficient (Wildman–Crippen LogP) is -1.93. The average molecular weight is 327 g/mol. The maximum atomic E-state index is 11.7. The van der Waals surface area contributed by atoms with E-state index in [1.165, 1.54) is 6.33 Å². The summed E-state index contributed by atoms with van der Waals surface area (Å²) in [7, 11) is 0. The van der Waals surface area contributed by atoms with Gasteiger partial charge in [0.1, 0.15) is 6.10 Å². The number of ether oxygens (including phenoxy) is 1. The van der Waals surface area contributed by atoms with Crippen molar-refractivity contribution in [2.45, 2.75) is 19.1 Å². The molecule has 23 heavy (non-hydrogen) atoms. The van der Waals surface area contributed by atoms with Crippen molar-refractivity contribution in [2.24, 2.45) is 5.92 Å². The Bertz CT molecular complexity index is 685. The molecule has 2 aromatic rings. The van der Waals surface area contributed by atoms with Gasteiger partial charge in [0.2, 0.25) is 5.95 Å². The van der Waals surface area contributed by atoms with E-state index in [2.05, 4.69) is 15.0 Å². The van der Waals surface area contributed by atoms with Crippen LogP contribution in [0.5, 0.6) is 0 Å². The third-order valence-electron chi connectivity index (χ3n) is 3.40. The van der Waals surface area contributed by atoms with E-state index in [4.69, 9.17) is 15.6 Å². The summed E-state index contributed by atoms with van der Waals surface area (Å²) in [6.07, 6.45) is 1.13. The van der Waals surface area contributed by atoms with Crippen molar-refractivity contribution < 1.29 is 20.1 Å². The van der Waals surface area contributed by atoms with Crippen molar-refractivity contribution >= 4 is 17.1 Å². The van der Waals surface area contributed by atoms with Crippen LogP contribution in [-0.2, 0) is 11.3 Å². The Labute approximate surface area is 131 Å². The second kappa shape index (κ2) is 8.02. The van der Waals surface area contributed by atoms with Crippen molar-refractivity contribution in [3.05, 3.63) is 16.7 Å². The molecule has 128 valence electrons. The Hall–Kier alpha value is -2.01. The number of fused-ring (bicyclic) bond motifs is 1. The number of aliphatic hydroxyl groups is 3. The third kappa shape index (κ3) is 4.48. The van der Waals surface area contributed by atoms with Gasteiger partial charge in [0.05, 0.1) is 26.1 Å². The van der Waals surface area contributed by atoms with Crippen LogP contribution in [0.3, 0.4) is 0 Å². The standard InChI is InChI=1S/C13H21N5O5/c14-13-16-11-10(12(22)17-13)15-7-18(11)2-1-8(3-19)5-23-6-9(21)4-20/h7-9,19-21H,1-6H2,(H3,14,16,17,22). The van der Waals surface area contributed by atoms with Crippen molar-refractivity contribution in [2.75, 3.05) is 32.2 Å². The van der Waals surface area contributed by atoms with Gasteiger partial charge in [-0.2, -0.15) is 4.98 Å². The quantitative estimate of drug-likeness (QED) is 0.356. The smallest absolute Gasteiger partial charge is 0.280 e. The fourth-order valence-corrected chi connectivity index (χ4v) is 2.11. The van der Waals surface area contributed by atoms with Gasteiger partial charge in [-0.3, -0.25) is 9.78 Å². The number of nitrogens with one attached hydrogen (secondary N) is 1. The molecule has 10 nitrogen and oxygen atoms in total. The molecule has 2 unspecified atom stereocenters. The first-order chi connectivity index (χ1) is 11.0. The molecule has 6 N–H and O–H groups in total. The Kier molecular flexibility index (Phi) is 6.04. The minimum atomic E-state index is -0.925. The van der Waals surface area contributed by atoms with Gasteiger partial charge in [0.25, 0.3) is 5.56 Å². The molecule has 0 radical (unpaired) electrons. The Balaban J connectivity index is 1.95. The van der Waals surface area contributed by atoms with Crippen LogP contribution in [0, 0.1) is 5.92 Å². The minimum Gasteiger partial charge on any atom is -0.396 e. The highest BCUT2D eigenvalue weighted by molar-refractivity contribution is 5.70. The van der Waals surface area contributed by atoms with Crippen LogP contribution < -0.4 is 11.3 Å². The van der Waals surface area contributed by atoms with E-state index < -0.39 is 11.7 Å². The molecule has 0 bridgehead atoms. The van der Waals surface area contributed by atoms with E-state index >= 15 is 0 Å². The fourth-order valence-electron chi connectivity index (χ4n) is 2.11. The summed E-state index contributed by atoms with van der Waals surface area (Å²) in [4.78, 5) is 22.1. The lowest BCUT2D eigenvalue weighted by molar-refractivity contribution is -0.0123. The summed E-state index contributed by atoms with van der Waals surface area (Å²) in [5.41, 5.74) is 5.73. The van der Waals surface area contributed by atoms with Crippen LogP contribution >= 0.6 is 0 Å². The van der Waals surface area contributed by atoms with Gasteiger partial charge in [-0.05, 0) is 6.42 Å². The van der Waals surface area contributed by atoms with Gasteiger partial charge in [-0.25, -0.2) is 4.98 Å². The van der Waals surface area contributed by atoms with Gasteiger partial charge in [0, 0.05) is 19.1 Å². The normalized spacial score (nSPS) is 14.2. The Morgan fingerprint density at radius 2 is 2.13 bits per heavy atom. The number of rotatable bonds is 9. The molecule has 0 aliphatic heterocycles. The number of aryl methyl sites for hydroxylation is 1. The number of nitrogen functional groups attached to an aromatic ring is 1. The van der Waals surface area contributed by atoms with E-state index in [1.807, 2.05) is 0 Å². The molecule has 0 aliphatic carbocycles. The van der Waals surface area contributed by atoms with Crippen LogP contribution in [0.2, 0.25) is 0 Å². The second-order valence-electron chi connectivity index (χ2n) is 5.27. The van der Waals surface area contributed by atoms with Gasteiger partial charge < -0.3 is 30.4 Å². The van der Waals surface area contributed by atoms with Crippen molar-refractivity contribution in [3.8, 4) is 0 Å². The lowest BCUT2D eigenvalue weighted by Crippen LogP contribution is -2.23. The molecule has 0 aromatic carbocycles. The van der Waals surface area contributed by atoms with Crippen LogP contribution in [0.25, 0.3) is 11.2 Å². The summed E-state index contributed by atoms with van der Waals surface area (Å²) in [6.45, 7) is 0.277. The van der Waals surface area contributed by atoms with Crippen LogP contribution in [0.1, 0.15) is 6.42 Å². The predicted molar refractivity (Wildman–Crippen MR) is 81.7 cm³/mol. The average Bonchev–Trinajstić information content (AvgIpc) is 2.93. The zero-order valence-electron chi connectivity index (χ0n) is 12.6. The third-order valence-corrected chi connectivity index (χ3v) is 3.40.